The molecule has 106 valence electrons. The van der Waals surface area contributed by atoms with Gasteiger partial charge in [0.1, 0.15) is 0 Å². The Morgan fingerprint density at radius 1 is 1.45 bits per heavy atom. The zero-order valence-corrected chi connectivity index (χ0v) is 13.3. The average Bonchev–Trinajstić information content (AvgIpc) is 3.02. The highest BCUT2D eigenvalue weighted by atomic mass is 79.9. The molecule has 2 aromatic rings. The van der Waals surface area contributed by atoms with E-state index in [0.29, 0.717) is 11.7 Å². The van der Waals surface area contributed by atoms with Crippen molar-refractivity contribution in [2.24, 2.45) is 5.73 Å². The molecule has 0 spiro atoms. The summed E-state index contributed by atoms with van der Waals surface area (Å²) < 4.78 is 6.54. The number of aryl methyl sites for hydroxylation is 1. The van der Waals surface area contributed by atoms with Gasteiger partial charge < -0.3 is 10.3 Å². The molecule has 1 aromatic carbocycles. The Morgan fingerprint density at radius 2 is 2.25 bits per heavy atom. The van der Waals surface area contributed by atoms with Crippen molar-refractivity contribution in [3.63, 3.8) is 0 Å². The topological polar surface area (TPSA) is 64.9 Å². The third-order valence-corrected chi connectivity index (χ3v) is 5.23. The van der Waals surface area contributed by atoms with E-state index >= 15 is 0 Å². The van der Waals surface area contributed by atoms with Crippen molar-refractivity contribution in [2.45, 2.75) is 44.6 Å². The summed E-state index contributed by atoms with van der Waals surface area (Å²) in [4.78, 5) is 4.58. The first kappa shape index (κ1) is 13.8. The van der Waals surface area contributed by atoms with E-state index in [0.717, 1.165) is 29.3 Å². The van der Waals surface area contributed by atoms with E-state index in [4.69, 9.17) is 10.3 Å². The van der Waals surface area contributed by atoms with Crippen LogP contribution >= 0.6 is 15.9 Å². The van der Waals surface area contributed by atoms with Crippen LogP contribution in [0.2, 0.25) is 0 Å². The number of halogens is 1. The van der Waals surface area contributed by atoms with Gasteiger partial charge in [-0.25, -0.2) is 0 Å². The fourth-order valence-corrected chi connectivity index (χ4v) is 3.14. The van der Waals surface area contributed by atoms with Gasteiger partial charge in [0.2, 0.25) is 11.7 Å². The number of nitrogens with zero attached hydrogens (tertiary/aromatic N) is 2. The maximum atomic E-state index is 6.20. The fraction of sp³-hybridized carbons (Fsp3) is 0.467. The molecule has 5 heteroatoms. The Hall–Kier alpha value is -1.20. The predicted octanol–water partition coefficient (Wildman–Crippen LogP) is 3.58. The van der Waals surface area contributed by atoms with Crippen LogP contribution < -0.4 is 5.73 Å². The highest BCUT2D eigenvalue weighted by molar-refractivity contribution is 9.10. The van der Waals surface area contributed by atoms with Crippen molar-refractivity contribution in [3.05, 3.63) is 34.1 Å². The molecule has 0 amide bonds. The number of nitrogens with two attached hydrogens (primary N) is 1. The van der Waals surface area contributed by atoms with Crippen molar-refractivity contribution in [1.82, 2.24) is 10.1 Å². The van der Waals surface area contributed by atoms with Crippen molar-refractivity contribution >= 4 is 15.9 Å². The molecule has 3 rings (SSSR count). The van der Waals surface area contributed by atoms with Crippen LogP contribution in [0.3, 0.4) is 0 Å². The second kappa shape index (κ2) is 4.97. The number of hydrogen-bond donors (Lipinski definition) is 1. The number of hydrogen-bond acceptors (Lipinski definition) is 4. The van der Waals surface area contributed by atoms with Crippen molar-refractivity contribution in [2.75, 3.05) is 0 Å². The summed E-state index contributed by atoms with van der Waals surface area (Å²) in [5, 5.41) is 4.12. The molecule has 1 aromatic heterocycles. The van der Waals surface area contributed by atoms with Gasteiger partial charge >= 0.3 is 0 Å². The molecular weight excluding hydrogens is 318 g/mol. The zero-order chi connectivity index (χ0) is 14.3. The molecule has 0 radical (unpaired) electrons. The molecule has 0 bridgehead atoms. The van der Waals surface area contributed by atoms with Gasteiger partial charge in [0.15, 0.2) is 0 Å². The van der Waals surface area contributed by atoms with Crippen LogP contribution in [0.15, 0.2) is 27.2 Å². The van der Waals surface area contributed by atoms with Gasteiger partial charge in [-0.15, -0.1) is 0 Å². The summed E-state index contributed by atoms with van der Waals surface area (Å²) >= 11 is 3.53. The van der Waals surface area contributed by atoms with Crippen LogP contribution in [-0.4, -0.2) is 16.2 Å². The highest BCUT2D eigenvalue weighted by Crippen LogP contribution is 2.39. The van der Waals surface area contributed by atoms with E-state index in [9.17, 15) is 0 Å². The monoisotopic (exact) mass is 335 g/mol. The van der Waals surface area contributed by atoms with E-state index in [1.54, 1.807) is 0 Å². The van der Waals surface area contributed by atoms with E-state index in [-0.39, 0.29) is 11.5 Å². The smallest absolute Gasteiger partial charge is 0.234 e. The van der Waals surface area contributed by atoms with Crippen LogP contribution in [0.4, 0.5) is 0 Å². The standard InChI is InChI=1S/C15H18BrN3O/c1-9-5-6-10(8-11(9)16)13-18-14(20-19-13)15(2)7-3-4-12(15)17/h5-6,8,12H,3-4,7,17H2,1-2H3. The first-order valence-electron chi connectivity index (χ1n) is 6.87. The third kappa shape index (κ3) is 2.19. The van der Waals surface area contributed by atoms with Crippen LogP contribution in [-0.2, 0) is 5.41 Å². The predicted molar refractivity (Wildman–Crippen MR) is 81.3 cm³/mol. The van der Waals surface area contributed by atoms with E-state index in [2.05, 4.69) is 33.0 Å². The summed E-state index contributed by atoms with van der Waals surface area (Å²) in [7, 11) is 0. The molecule has 1 saturated carbocycles. The van der Waals surface area contributed by atoms with E-state index in [1.165, 1.54) is 5.56 Å². The van der Waals surface area contributed by atoms with Crippen molar-refractivity contribution in [1.29, 1.82) is 0 Å². The molecule has 2 N–H and O–H groups in total. The highest BCUT2D eigenvalue weighted by Gasteiger charge is 2.42. The molecule has 2 atom stereocenters. The molecule has 20 heavy (non-hydrogen) atoms. The zero-order valence-electron chi connectivity index (χ0n) is 11.7. The molecule has 1 fully saturated rings. The largest absolute Gasteiger partial charge is 0.338 e. The Kier molecular flexibility index (Phi) is 3.42. The SMILES string of the molecule is Cc1ccc(-c2noc(C3(C)CCCC3N)n2)cc1Br. The van der Waals surface area contributed by atoms with Gasteiger partial charge in [-0.05, 0) is 38.3 Å². The average molecular weight is 336 g/mol. The number of benzene rings is 1. The maximum Gasteiger partial charge on any atom is 0.234 e. The van der Waals surface area contributed by atoms with Gasteiger partial charge in [0.25, 0.3) is 0 Å². The number of rotatable bonds is 2. The number of aromatic nitrogens is 2. The van der Waals surface area contributed by atoms with E-state index < -0.39 is 0 Å². The summed E-state index contributed by atoms with van der Waals surface area (Å²) in [5.74, 6) is 1.29. The minimum Gasteiger partial charge on any atom is -0.338 e. The summed E-state index contributed by atoms with van der Waals surface area (Å²) in [6.45, 7) is 4.17. The lowest BCUT2D eigenvalue weighted by molar-refractivity contribution is 0.278. The van der Waals surface area contributed by atoms with Gasteiger partial charge in [0, 0.05) is 16.1 Å². The van der Waals surface area contributed by atoms with Gasteiger partial charge in [-0.2, -0.15) is 4.98 Å². The second-order valence-electron chi connectivity index (χ2n) is 5.80. The molecule has 1 aliphatic rings. The lowest BCUT2D eigenvalue weighted by atomic mass is 9.85. The van der Waals surface area contributed by atoms with Gasteiger partial charge in [0.05, 0.1) is 5.41 Å². The Bertz CT molecular complexity index is 640. The minimum absolute atomic E-state index is 0.0977. The summed E-state index contributed by atoms with van der Waals surface area (Å²) in [6.07, 6.45) is 3.14. The van der Waals surface area contributed by atoms with Crippen LogP contribution in [0.1, 0.15) is 37.6 Å². The molecule has 1 aliphatic carbocycles. The lowest BCUT2D eigenvalue weighted by Gasteiger charge is -2.23. The first-order chi connectivity index (χ1) is 9.50. The molecule has 1 heterocycles. The van der Waals surface area contributed by atoms with Crippen molar-refractivity contribution < 1.29 is 4.52 Å². The quantitative estimate of drug-likeness (QED) is 0.910. The Labute approximate surface area is 126 Å². The third-order valence-electron chi connectivity index (χ3n) is 4.37. The van der Waals surface area contributed by atoms with Crippen LogP contribution in [0.25, 0.3) is 11.4 Å². The minimum atomic E-state index is -0.187. The van der Waals surface area contributed by atoms with Crippen molar-refractivity contribution in [3.8, 4) is 11.4 Å². The second-order valence-corrected chi connectivity index (χ2v) is 6.66. The molecular formula is C15H18BrN3O. The molecule has 0 aliphatic heterocycles. The molecule has 2 unspecified atom stereocenters. The van der Waals surface area contributed by atoms with E-state index in [1.807, 2.05) is 25.1 Å². The van der Waals surface area contributed by atoms with Crippen LogP contribution in [0, 0.1) is 6.92 Å². The molecule has 4 nitrogen and oxygen atoms in total. The molecule has 0 saturated heterocycles. The summed E-state index contributed by atoms with van der Waals surface area (Å²) in [6, 6.07) is 6.16. The van der Waals surface area contributed by atoms with Gasteiger partial charge in [-0.3, -0.25) is 0 Å². The maximum absolute atomic E-state index is 6.20. The first-order valence-corrected chi connectivity index (χ1v) is 7.66. The van der Waals surface area contributed by atoms with Crippen LogP contribution in [0.5, 0.6) is 0 Å². The lowest BCUT2D eigenvalue weighted by Crippen LogP contribution is -2.38. The summed E-state index contributed by atoms with van der Waals surface area (Å²) in [5.41, 5.74) is 8.15. The Balaban J connectivity index is 1.96. The normalized spacial score (nSPS) is 26.1. The fourth-order valence-electron chi connectivity index (χ4n) is 2.76. The van der Waals surface area contributed by atoms with Gasteiger partial charge in [-0.1, -0.05) is 39.6 Å². The Morgan fingerprint density at radius 3 is 2.90 bits per heavy atom.